The summed E-state index contributed by atoms with van der Waals surface area (Å²) in [6, 6.07) is 0. The number of anilines is 1. The molecule has 2 heterocycles. The van der Waals surface area contributed by atoms with Crippen molar-refractivity contribution in [2.75, 3.05) is 37.6 Å². The largest absolute Gasteiger partial charge is 0.444 e. The van der Waals surface area contributed by atoms with Gasteiger partial charge in [0.05, 0.1) is 5.56 Å². The van der Waals surface area contributed by atoms with E-state index in [9.17, 15) is 22.8 Å². The molecule has 0 saturated carbocycles. The number of carbonyl (C=O) groups is 2. The van der Waals surface area contributed by atoms with Gasteiger partial charge in [0.25, 0.3) is 5.91 Å². The molecule has 210 valence electrons. The van der Waals surface area contributed by atoms with Crippen molar-refractivity contribution in [3.8, 4) is 0 Å². The first-order valence-electron chi connectivity index (χ1n) is 12.4. The highest BCUT2D eigenvalue weighted by Gasteiger charge is 2.42. The van der Waals surface area contributed by atoms with Gasteiger partial charge in [-0.05, 0) is 45.3 Å². The number of nitrogens with one attached hydrogen (secondary N) is 1. The molecule has 1 saturated heterocycles. The van der Waals surface area contributed by atoms with Gasteiger partial charge in [0, 0.05) is 45.1 Å². The van der Waals surface area contributed by atoms with Crippen molar-refractivity contribution in [1.82, 2.24) is 20.2 Å². The van der Waals surface area contributed by atoms with Crippen LogP contribution in [0, 0.1) is 0 Å². The molecular weight excluding hydrogens is 507 g/mol. The number of hydrogen-bond acceptors (Lipinski definition) is 7. The minimum Gasteiger partial charge on any atom is -0.444 e. The lowest BCUT2D eigenvalue weighted by Gasteiger charge is -2.41. The Morgan fingerprint density at radius 1 is 1.03 bits per heavy atom. The lowest BCUT2D eigenvalue weighted by atomic mass is 10.2. The predicted molar refractivity (Wildman–Crippen MR) is 137 cm³/mol. The van der Waals surface area contributed by atoms with Crippen LogP contribution in [0.1, 0.15) is 53.5 Å². The SMILES string of the molecule is CC(C)(C)OC(=O)NCC[C@@H](O[Si](C)(C)C(C)(C)C)C(=O)N1CCN(c2ncc(C(F)(F)F)cn2)CC1. The molecule has 1 aliphatic rings. The summed E-state index contributed by atoms with van der Waals surface area (Å²) in [5.74, 6) is 0.0135. The summed E-state index contributed by atoms with van der Waals surface area (Å²) in [4.78, 5) is 36.7. The predicted octanol–water partition coefficient (Wildman–Crippen LogP) is 4.45. The van der Waals surface area contributed by atoms with Crippen LogP contribution in [0.3, 0.4) is 0 Å². The molecule has 13 heteroatoms. The van der Waals surface area contributed by atoms with Crippen molar-refractivity contribution in [3.63, 3.8) is 0 Å². The van der Waals surface area contributed by atoms with E-state index in [4.69, 9.17) is 9.16 Å². The van der Waals surface area contributed by atoms with Crippen LogP contribution in [-0.2, 0) is 20.1 Å². The minimum atomic E-state index is -4.50. The topological polar surface area (TPSA) is 96.9 Å². The lowest BCUT2D eigenvalue weighted by molar-refractivity contribution is -0.140. The van der Waals surface area contributed by atoms with Crippen LogP contribution >= 0.6 is 0 Å². The minimum absolute atomic E-state index is 0.122. The Hall–Kier alpha value is -2.41. The zero-order valence-corrected chi connectivity index (χ0v) is 24.0. The summed E-state index contributed by atoms with van der Waals surface area (Å²) in [5.41, 5.74) is -1.54. The number of hydrogen-bond donors (Lipinski definition) is 1. The van der Waals surface area contributed by atoms with Gasteiger partial charge in [0.15, 0.2) is 8.32 Å². The monoisotopic (exact) mass is 547 g/mol. The summed E-state index contributed by atoms with van der Waals surface area (Å²) < 4.78 is 50.1. The summed E-state index contributed by atoms with van der Waals surface area (Å²) in [6.07, 6.45) is -3.99. The van der Waals surface area contributed by atoms with E-state index in [2.05, 4.69) is 49.1 Å². The first kappa shape index (κ1) is 30.8. The van der Waals surface area contributed by atoms with Crippen molar-refractivity contribution in [3.05, 3.63) is 18.0 Å². The standard InChI is InChI=1S/C24H40F3N5O4Si/c1-22(2,3)35-21(34)28-10-9-18(36-37(7,8)23(4,5)6)19(33)31-11-13-32(14-12-31)20-29-15-17(16-30-20)24(25,26)27/h15-16,18H,9-14H2,1-8H3,(H,28,34)/t18-/m1/s1. The number of amides is 2. The molecular formula is C24H40F3N5O4Si. The van der Waals surface area contributed by atoms with Gasteiger partial charge in [-0.15, -0.1) is 0 Å². The van der Waals surface area contributed by atoms with Crippen LogP contribution in [0.4, 0.5) is 23.9 Å². The van der Waals surface area contributed by atoms with E-state index in [1.54, 1.807) is 30.6 Å². The summed E-state index contributed by atoms with van der Waals surface area (Å²) >= 11 is 0. The highest BCUT2D eigenvalue weighted by atomic mass is 28.4. The fourth-order valence-electron chi connectivity index (χ4n) is 3.35. The molecule has 0 unspecified atom stereocenters. The highest BCUT2D eigenvalue weighted by Crippen LogP contribution is 2.38. The van der Waals surface area contributed by atoms with Gasteiger partial charge in [0.1, 0.15) is 11.7 Å². The third-order valence-corrected chi connectivity index (χ3v) is 10.9. The normalized spacial score (nSPS) is 16.4. The van der Waals surface area contributed by atoms with E-state index in [1.165, 1.54) is 0 Å². The molecule has 37 heavy (non-hydrogen) atoms. The number of aromatic nitrogens is 2. The zero-order chi connectivity index (χ0) is 28.2. The van der Waals surface area contributed by atoms with Gasteiger partial charge in [-0.25, -0.2) is 14.8 Å². The molecule has 2 amide bonds. The van der Waals surface area contributed by atoms with Crippen molar-refractivity contribution in [1.29, 1.82) is 0 Å². The Bertz CT molecular complexity index is 922. The third-order valence-electron chi connectivity index (χ3n) is 6.43. The molecule has 1 atom stereocenters. The van der Waals surface area contributed by atoms with E-state index in [0.717, 1.165) is 12.4 Å². The molecule has 0 aromatic carbocycles. The second-order valence-corrected chi connectivity index (χ2v) is 16.4. The van der Waals surface area contributed by atoms with E-state index >= 15 is 0 Å². The summed E-state index contributed by atoms with van der Waals surface area (Å²) in [6.45, 7) is 17.4. The van der Waals surface area contributed by atoms with Gasteiger partial charge in [-0.2, -0.15) is 13.2 Å². The molecule has 0 spiro atoms. The Morgan fingerprint density at radius 3 is 2.03 bits per heavy atom. The molecule has 1 aliphatic heterocycles. The molecule has 0 bridgehead atoms. The molecule has 0 aliphatic carbocycles. The van der Waals surface area contributed by atoms with Crippen LogP contribution < -0.4 is 10.2 Å². The van der Waals surface area contributed by atoms with Crippen molar-refractivity contribution < 1.29 is 31.9 Å². The van der Waals surface area contributed by atoms with Gasteiger partial charge < -0.3 is 24.3 Å². The number of ether oxygens (including phenoxy) is 1. The van der Waals surface area contributed by atoms with Crippen LogP contribution in [0.2, 0.25) is 18.1 Å². The van der Waals surface area contributed by atoms with Gasteiger partial charge in [-0.1, -0.05) is 20.8 Å². The molecule has 9 nitrogen and oxygen atoms in total. The number of halogens is 3. The first-order chi connectivity index (χ1) is 16.8. The average molecular weight is 548 g/mol. The quantitative estimate of drug-likeness (QED) is 0.504. The second-order valence-electron chi connectivity index (χ2n) is 11.7. The van der Waals surface area contributed by atoms with Crippen LogP contribution in [0.25, 0.3) is 0 Å². The van der Waals surface area contributed by atoms with Crippen molar-refractivity contribution >= 4 is 26.3 Å². The maximum atomic E-state index is 13.5. The maximum Gasteiger partial charge on any atom is 0.419 e. The third kappa shape index (κ3) is 9.13. The van der Waals surface area contributed by atoms with Gasteiger partial charge in [0.2, 0.25) is 5.95 Å². The van der Waals surface area contributed by atoms with E-state index in [0.29, 0.717) is 26.2 Å². The number of alkyl carbamates (subject to hydrolysis) is 1. The fraction of sp³-hybridized carbons (Fsp3) is 0.750. The number of nitrogens with zero attached hydrogens (tertiary/aromatic N) is 4. The Kier molecular flexibility index (Phi) is 9.61. The molecule has 1 fully saturated rings. The highest BCUT2D eigenvalue weighted by molar-refractivity contribution is 6.74. The number of piperazine rings is 1. The zero-order valence-electron chi connectivity index (χ0n) is 23.0. The average Bonchev–Trinajstić information content (AvgIpc) is 2.75. The summed E-state index contributed by atoms with van der Waals surface area (Å²) in [7, 11) is -2.31. The fourth-order valence-corrected chi connectivity index (χ4v) is 4.63. The van der Waals surface area contributed by atoms with E-state index in [-0.39, 0.29) is 29.9 Å². The lowest BCUT2D eigenvalue weighted by Crippen LogP contribution is -2.55. The smallest absolute Gasteiger partial charge is 0.419 e. The molecule has 1 aromatic rings. The Balaban J connectivity index is 2.05. The van der Waals surface area contributed by atoms with Crippen molar-refractivity contribution in [2.45, 2.75) is 84.0 Å². The van der Waals surface area contributed by atoms with Crippen LogP contribution in [-0.4, -0.2) is 79.6 Å². The second kappa shape index (κ2) is 11.5. The van der Waals surface area contributed by atoms with E-state index < -0.39 is 37.9 Å². The Morgan fingerprint density at radius 2 is 1.57 bits per heavy atom. The number of rotatable bonds is 7. The molecule has 1 N–H and O–H groups in total. The number of carbonyl (C=O) groups excluding carboxylic acids is 2. The van der Waals surface area contributed by atoms with E-state index in [1.807, 2.05) is 0 Å². The van der Waals surface area contributed by atoms with Gasteiger partial charge in [-0.3, -0.25) is 4.79 Å². The van der Waals surface area contributed by atoms with Crippen molar-refractivity contribution in [2.24, 2.45) is 0 Å². The first-order valence-corrected chi connectivity index (χ1v) is 15.3. The van der Waals surface area contributed by atoms with Gasteiger partial charge >= 0.3 is 12.3 Å². The summed E-state index contributed by atoms with van der Waals surface area (Å²) in [5, 5.41) is 2.57. The Labute approximate surface area is 218 Å². The van der Waals surface area contributed by atoms with Crippen LogP contribution in [0.15, 0.2) is 12.4 Å². The molecule has 1 aromatic heterocycles. The molecule has 0 radical (unpaired) electrons. The maximum absolute atomic E-state index is 13.5. The molecule has 2 rings (SSSR count). The van der Waals surface area contributed by atoms with Crippen LogP contribution in [0.5, 0.6) is 0 Å². The number of alkyl halides is 3.